The molecule has 5 fully saturated rings. The molecule has 3 aromatic rings. The van der Waals surface area contributed by atoms with E-state index in [9.17, 15) is 9.59 Å². The minimum Gasteiger partial charge on any atom is -0.350 e. The van der Waals surface area contributed by atoms with E-state index in [4.69, 9.17) is 21.6 Å². The summed E-state index contributed by atoms with van der Waals surface area (Å²) in [6.45, 7) is 11.6. The summed E-state index contributed by atoms with van der Waals surface area (Å²) in [5, 5.41) is 11.5. The van der Waals surface area contributed by atoms with Gasteiger partial charge in [0.15, 0.2) is 5.96 Å². The highest BCUT2D eigenvalue weighted by molar-refractivity contribution is 6.30. The summed E-state index contributed by atoms with van der Waals surface area (Å²) in [4.78, 5) is 39.2. The number of nitrogens with one attached hydrogen (secondary N) is 3. The molecule has 1 aromatic heterocycles. The van der Waals surface area contributed by atoms with Crippen molar-refractivity contribution >= 4 is 40.1 Å². The first-order chi connectivity index (χ1) is 22.1. The summed E-state index contributed by atoms with van der Waals surface area (Å²) in [5.41, 5.74) is 2.95. The van der Waals surface area contributed by atoms with Crippen LogP contribution in [0.1, 0.15) is 70.8 Å². The van der Waals surface area contributed by atoms with Gasteiger partial charge in [0.1, 0.15) is 5.82 Å². The summed E-state index contributed by atoms with van der Waals surface area (Å²) in [6.07, 6.45) is 5.07. The van der Waals surface area contributed by atoms with E-state index < -0.39 is 0 Å². The Bertz CT molecular complexity index is 1710. The molecule has 10 heteroatoms. The maximum atomic E-state index is 14.0. The summed E-state index contributed by atoms with van der Waals surface area (Å²) in [7, 11) is 0. The number of hydrogen-bond donors (Lipinski definition) is 3. The smallest absolute Gasteiger partial charge is 0.261 e. The number of piperazine rings is 1. The molecule has 3 N–H and O–H groups in total. The molecule has 5 aliphatic rings. The molecule has 9 nitrogen and oxygen atoms in total. The molecule has 3 heterocycles. The van der Waals surface area contributed by atoms with E-state index in [0.29, 0.717) is 58.6 Å². The standard InChI is InChI=1S/C36H46ClN7O2/c1-21-19-43(20-32(45)39-21)35(42-30-17-24-16-28(22(30)2)36(24,3)4)40-26-11-12-27-31(18-26)41-33(29-6-5-14-38-29)44(34(27)46)15-13-23-7-9-25(37)10-8-23/h7-12,18,21-22,24,28-30,38H,5-6,13-17,19-20H2,1-4H3,(H,39,45)(H,40,42)/t21-,22-,24-,28+,29-,30?/m0/s1. The second kappa shape index (κ2) is 12.3. The van der Waals surface area contributed by atoms with Gasteiger partial charge in [-0.3, -0.25) is 14.2 Å². The van der Waals surface area contributed by atoms with Crippen molar-refractivity contribution in [3.05, 3.63) is 69.2 Å². The minimum absolute atomic E-state index is 0.00181. The van der Waals surface area contributed by atoms with Crippen LogP contribution in [0.25, 0.3) is 10.9 Å². The maximum Gasteiger partial charge on any atom is 0.261 e. The van der Waals surface area contributed by atoms with E-state index >= 15 is 0 Å². The summed E-state index contributed by atoms with van der Waals surface area (Å²) >= 11 is 6.10. The van der Waals surface area contributed by atoms with Crippen LogP contribution in [0.4, 0.5) is 5.69 Å². The Hall–Kier alpha value is -3.43. The summed E-state index contributed by atoms with van der Waals surface area (Å²) in [6, 6.07) is 13.8. The Morgan fingerprint density at radius 1 is 1.13 bits per heavy atom. The van der Waals surface area contributed by atoms with Crippen molar-refractivity contribution in [3.63, 3.8) is 0 Å². The Kier molecular flexibility index (Phi) is 8.34. The highest BCUT2D eigenvalue weighted by atomic mass is 35.5. The fourth-order valence-corrected chi connectivity index (χ4v) is 8.59. The summed E-state index contributed by atoms with van der Waals surface area (Å²) < 4.78 is 1.85. The number of nitrogens with zero attached hydrogens (tertiary/aromatic N) is 4. The largest absolute Gasteiger partial charge is 0.350 e. The van der Waals surface area contributed by atoms with Gasteiger partial charge in [0.2, 0.25) is 5.91 Å². The first kappa shape index (κ1) is 31.2. The first-order valence-corrected chi connectivity index (χ1v) is 17.4. The number of hydrogen-bond acceptors (Lipinski definition) is 5. The molecule has 2 bridgehead atoms. The van der Waals surface area contributed by atoms with Crippen LogP contribution in [0.2, 0.25) is 5.02 Å². The number of aliphatic imine (C=N–C) groups is 1. The second-order valence-corrected chi connectivity index (χ2v) is 15.1. The van der Waals surface area contributed by atoms with Crippen LogP contribution in [0, 0.1) is 23.2 Å². The lowest BCUT2D eigenvalue weighted by Crippen LogP contribution is -2.58. The average Bonchev–Trinajstić information content (AvgIpc) is 3.56. The van der Waals surface area contributed by atoms with Crippen molar-refractivity contribution in [3.8, 4) is 0 Å². The van der Waals surface area contributed by atoms with Gasteiger partial charge in [0.25, 0.3) is 5.56 Å². The average molecular weight is 644 g/mol. The van der Waals surface area contributed by atoms with E-state index in [-0.39, 0.29) is 36.1 Å². The molecule has 2 aliphatic heterocycles. The van der Waals surface area contributed by atoms with Gasteiger partial charge in [-0.1, -0.05) is 44.5 Å². The maximum absolute atomic E-state index is 14.0. The van der Waals surface area contributed by atoms with Crippen LogP contribution in [0.3, 0.4) is 0 Å². The van der Waals surface area contributed by atoms with Crippen LogP contribution >= 0.6 is 11.6 Å². The molecule has 244 valence electrons. The normalized spacial score (nSPS) is 29.0. The molecular formula is C36H46ClN7O2. The van der Waals surface area contributed by atoms with Crippen LogP contribution in [0.15, 0.2) is 52.3 Å². The van der Waals surface area contributed by atoms with Crippen molar-refractivity contribution < 1.29 is 4.79 Å². The van der Waals surface area contributed by atoms with E-state index in [2.05, 4.69) is 41.6 Å². The van der Waals surface area contributed by atoms with Gasteiger partial charge in [-0.05, 0) is 105 Å². The topological polar surface area (TPSA) is 104 Å². The predicted molar refractivity (Wildman–Crippen MR) is 184 cm³/mol. The number of anilines is 1. The van der Waals surface area contributed by atoms with Crippen molar-refractivity contribution in [1.29, 1.82) is 0 Å². The van der Waals surface area contributed by atoms with E-state index in [1.807, 2.05) is 54.0 Å². The van der Waals surface area contributed by atoms with Gasteiger partial charge >= 0.3 is 0 Å². The Morgan fingerprint density at radius 2 is 1.93 bits per heavy atom. The molecule has 0 spiro atoms. The van der Waals surface area contributed by atoms with E-state index in [1.165, 1.54) is 6.42 Å². The van der Waals surface area contributed by atoms with Gasteiger partial charge in [-0.2, -0.15) is 0 Å². The van der Waals surface area contributed by atoms with Crippen molar-refractivity contribution in [2.45, 2.75) is 84.5 Å². The Balaban J connectivity index is 1.21. The van der Waals surface area contributed by atoms with E-state index in [0.717, 1.165) is 48.8 Å². The number of carbonyl (C=O) groups is 1. The van der Waals surface area contributed by atoms with Crippen molar-refractivity contribution in [2.75, 3.05) is 25.0 Å². The number of amides is 1. The molecule has 3 aliphatic carbocycles. The zero-order chi connectivity index (χ0) is 32.2. The van der Waals surface area contributed by atoms with Gasteiger partial charge in [0.05, 0.1) is 29.5 Å². The third-order valence-corrected chi connectivity index (χ3v) is 11.5. The number of fused-ring (bicyclic) bond motifs is 3. The third kappa shape index (κ3) is 5.92. The molecular weight excluding hydrogens is 598 g/mol. The molecule has 2 aromatic carbocycles. The SMILES string of the molecule is C[C@@H]1C(N=C(Nc2ccc3c(=O)n(CCc4ccc(Cl)cc4)c([C@@H]4CCCN4)nc3c2)N2CC(=O)N[C@@H](C)C2)C[C@@H]2C[C@H]1C2(C)C. The highest BCUT2D eigenvalue weighted by Crippen LogP contribution is 2.61. The van der Waals surface area contributed by atoms with Crippen molar-refractivity contribution in [1.82, 2.24) is 25.1 Å². The van der Waals surface area contributed by atoms with E-state index in [1.54, 1.807) is 0 Å². The molecule has 2 saturated heterocycles. The molecule has 1 unspecified atom stereocenters. The Morgan fingerprint density at radius 3 is 2.63 bits per heavy atom. The number of benzene rings is 2. The number of aryl methyl sites for hydroxylation is 1. The zero-order valence-electron chi connectivity index (χ0n) is 27.4. The molecule has 46 heavy (non-hydrogen) atoms. The quantitative estimate of drug-likeness (QED) is 0.246. The fourth-order valence-electron chi connectivity index (χ4n) is 8.46. The number of guanidine groups is 1. The van der Waals surface area contributed by atoms with Crippen LogP contribution < -0.4 is 21.5 Å². The second-order valence-electron chi connectivity index (χ2n) is 14.6. The highest BCUT2D eigenvalue weighted by Gasteiger charge is 2.56. The molecule has 0 radical (unpaired) electrons. The number of rotatable bonds is 6. The molecule has 1 amide bonds. The number of carbonyl (C=O) groups excluding carboxylic acids is 1. The summed E-state index contributed by atoms with van der Waals surface area (Å²) in [5.74, 6) is 3.34. The van der Waals surface area contributed by atoms with Gasteiger partial charge in [-0.15, -0.1) is 0 Å². The fraction of sp³-hybridized carbons (Fsp3) is 0.556. The lowest BCUT2D eigenvalue weighted by molar-refractivity contribution is -0.124. The lowest BCUT2D eigenvalue weighted by Gasteiger charge is -2.61. The minimum atomic E-state index is -0.0255. The van der Waals surface area contributed by atoms with Crippen molar-refractivity contribution in [2.24, 2.45) is 28.2 Å². The number of halogens is 1. The van der Waals surface area contributed by atoms with Gasteiger partial charge < -0.3 is 20.9 Å². The zero-order valence-corrected chi connectivity index (χ0v) is 28.1. The van der Waals surface area contributed by atoms with Crippen LogP contribution in [-0.2, 0) is 17.8 Å². The third-order valence-electron chi connectivity index (χ3n) is 11.3. The first-order valence-electron chi connectivity index (χ1n) is 17.0. The monoisotopic (exact) mass is 643 g/mol. The lowest BCUT2D eigenvalue weighted by atomic mass is 9.45. The van der Waals surface area contributed by atoms with Gasteiger partial charge in [0, 0.05) is 29.8 Å². The molecule has 8 rings (SSSR count). The van der Waals surface area contributed by atoms with Crippen LogP contribution in [-0.4, -0.2) is 58.0 Å². The van der Waals surface area contributed by atoms with Gasteiger partial charge in [-0.25, -0.2) is 9.98 Å². The molecule has 3 saturated carbocycles. The Labute approximate surface area is 276 Å². The predicted octanol–water partition coefficient (Wildman–Crippen LogP) is 5.38. The molecule has 6 atom stereocenters. The van der Waals surface area contributed by atoms with Crippen LogP contribution in [0.5, 0.6) is 0 Å². The number of aromatic nitrogens is 2.